The van der Waals surface area contributed by atoms with Crippen LogP contribution in [0, 0.1) is 17.2 Å². The van der Waals surface area contributed by atoms with Crippen LogP contribution >= 0.6 is 11.3 Å². The van der Waals surface area contributed by atoms with Crippen molar-refractivity contribution in [1.29, 1.82) is 5.26 Å². The summed E-state index contributed by atoms with van der Waals surface area (Å²) in [6, 6.07) is 2.27. The normalized spacial score (nSPS) is 17.1. The van der Waals surface area contributed by atoms with Gasteiger partial charge in [0.15, 0.2) is 13.1 Å². The van der Waals surface area contributed by atoms with Crippen molar-refractivity contribution in [1.82, 2.24) is 4.90 Å². The fourth-order valence-corrected chi connectivity index (χ4v) is 4.79. The zero-order chi connectivity index (χ0) is 19.3. The van der Waals surface area contributed by atoms with E-state index in [0.717, 1.165) is 29.7 Å². The van der Waals surface area contributed by atoms with E-state index in [1.54, 1.807) is 4.90 Å². The van der Waals surface area contributed by atoms with Gasteiger partial charge in [0, 0.05) is 18.0 Å². The number of anilines is 1. The van der Waals surface area contributed by atoms with Gasteiger partial charge in [0.1, 0.15) is 11.1 Å². The van der Waals surface area contributed by atoms with Crippen molar-refractivity contribution >= 4 is 28.2 Å². The van der Waals surface area contributed by atoms with Crippen LogP contribution in [0.3, 0.4) is 0 Å². The molecular weight excluding hydrogens is 348 g/mol. The molecule has 1 aromatic rings. The van der Waals surface area contributed by atoms with Crippen molar-refractivity contribution in [3.8, 4) is 6.07 Å². The van der Waals surface area contributed by atoms with Gasteiger partial charge in [0.05, 0.1) is 12.6 Å². The molecule has 0 aromatic carbocycles. The van der Waals surface area contributed by atoms with Crippen LogP contribution in [0.2, 0.25) is 0 Å². The highest BCUT2D eigenvalue weighted by molar-refractivity contribution is 7.16. The van der Waals surface area contributed by atoms with E-state index < -0.39 is 0 Å². The number of thiophene rings is 1. The lowest BCUT2D eigenvalue weighted by Crippen LogP contribution is -3.11. The molecule has 0 radical (unpaired) electrons. The first kappa shape index (κ1) is 20.4. The van der Waals surface area contributed by atoms with Gasteiger partial charge in [-0.05, 0) is 44.6 Å². The Morgan fingerprint density at radius 1 is 1.35 bits per heavy atom. The molecule has 26 heavy (non-hydrogen) atoms. The third kappa shape index (κ3) is 4.83. The Morgan fingerprint density at radius 2 is 2.04 bits per heavy atom. The predicted molar refractivity (Wildman–Crippen MR) is 103 cm³/mol. The maximum atomic E-state index is 12.4. The summed E-state index contributed by atoms with van der Waals surface area (Å²) in [6.45, 7) is 7.98. The predicted octanol–water partition coefficient (Wildman–Crippen LogP) is 1.07. The van der Waals surface area contributed by atoms with Crippen LogP contribution in [0.15, 0.2) is 0 Å². The third-order valence-corrected chi connectivity index (χ3v) is 6.08. The van der Waals surface area contributed by atoms with Crippen molar-refractivity contribution in [2.75, 3.05) is 38.5 Å². The molecule has 0 spiro atoms. The van der Waals surface area contributed by atoms with Crippen LogP contribution in [0.4, 0.5) is 5.00 Å². The van der Waals surface area contributed by atoms with Gasteiger partial charge in [-0.1, -0.05) is 6.92 Å². The zero-order valence-corrected chi connectivity index (χ0v) is 17.0. The lowest BCUT2D eigenvalue weighted by molar-refractivity contribution is -0.862. The molecule has 1 unspecified atom stereocenters. The van der Waals surface area contributed by atoms with Crippen LogP contribution < -0.4 is 10.2 Å². The van der Waals surface area contributed by atoms with Crippen molar-refractivity contribution in [2.45, 2.75) is 40.0 Å². The fraction of sp³-hybridized carbons (Fsp3) is 0.632. The maximum absolute atomic E-state index is 12.4. The molecule has 0 saturated carbocycles. The van der Waals surface area contributed by atoms with Gasteiger partial charge < -0.3 is 15.1 Å². The van der Waals surface area contributed by atoms with Crippen LogP contribution in [0.25, 0.3) is 0 Å². The molecule has 142 valence electrons. The lowest BCUT2D eigenvalue weighted by Gasteiger charge is -2.20. The van der Waals surface area contributed by atoms with Gasteiger partial charge in [0.2, 0.25) is 0 Å². The van der Waals surface area contributed by atoms with Crippen LogP contribution in [-0.2, 0) is 22.4 Å². The highest BCUT2D eigenvalue weighted by Gasteiger charge is 2.25. The number of carbonyl (C=O) groups is 2. The first-order valence-corrected chi connectivity index (χ1v) is 10.1. The second kappa shape index (κ2) is 9.15. The molecule has 0 fully saturated rings. The SMILES string of the molecule is CCN(CC)C(=O)C[NH+](C)CC(=O)Nc1sc2c(c1C#N)CC[C@H](C)C2. The van der Waals surface area contributed by atoms with E-state index in [9.17, 15) is 14.9 Å². The maximum Gasteiger partial charge on any atom is 0.280 e. The molecule has 0 saturated heterocycles. The van der Waals surface area contributed by atoms with Crippen molar-refractivity contribution < 1.29 is 14.5 Å². The zero-order valence-electron chi connectivity index (χ0n) is 16.1. The van der Waals surface area contributed by atoms with Gasteiger partial charge in [-0.2, -0.15) is 5.26 Å². The van der Waals surface area contributed by atoms with E-state index in [-0.39, 0.29) is 18.4 Å². The number of hydrogen-bond donors (Lipinski definition) is 2. The highest BCUT2D eigenvalue weighted by atomic mass is 32.1. The molecule has 0 aliphatic heterocycles. The minimum Gasteiger partial charge on any atom is -0.338 e. The number of likely N-dealkylation sites (N-methyl/N-ethyl adjacent to an activating group) is 2. The average molecular weight is 378 g/mol. The number of nitrogens with zero attached hydrogens (tertiary/aromatic N) is 2. The van der Waals surface area contributed by atoms with Crippen LogP contribution in [0.1, 0.15) is 43.2 Å². The van der Waals surface area contributed by atoms with Gasteiger partial charge in [-0.25, -0.2) is 0 Å². The number of nitriles is 1. The summed E-state index contributed by atoms with van der Waals surface area (Å²) in [7, 11) is 1.84. The molecule has 2 atom stereocenters. The summed E-state index contributed by atoms with van der Waals surface area (Å²) >= 11 is 1.53. The summed E-state index contributed by atoms with van der Waals surface area (Å²) in [5, 5.41) is 13.1. The summed E-state index contributed by atoms with van der Waals surface area (Å²) in [5.41, 5.74) is 1.74. The average Bonchev–Trinajstić information content (AvgIpc) is 2.91. The Bertz CT molecular complexity index is 703. The fourth-order valence-electron chi connectivity index (χ4n) is 3.41. The molecular formula is C19H29N4O2S+. The number of amides is 2. The number of nitrogens with one attached hydrogen (secondary N) is 2. The van der Waals surface area contributed by atoms with E-state index in [1.165, 1.54) is 16.2 Å². The number of fused-ring (bicyclic) bond motifs is 1. The Labute approximate surface area is 159 Å². The molecule has 1 aliphatic carbocycles. The molecule has 7 heteroatoms. The molecule has 1 aromatic heterocycles. The largest absolute Gasteiger partial charge is 0.338 e. The monoisotopic (exact) mass is 377 g/mol. The quantitative estimate of drug-likeness (QED) is 0.746. The molecule has 6 nitrogen and oxygen atoms in total. The van der Waals surface area contributed by atoms with Crippen molar-refractivity contribution in [2.24, 2.45) is 5.92 Å². The Hall–Kier alpha value is -1.91. The summed E-state index contributed by atoms with van der Waals surface area (Å²) in [6.07, 6.45) is 2.98. The standard InChI is InChI=1S/C19H28N4O2S/c1-5-23(6-2)18(25)12-22(4)11-17(24)21-19-15(10-20)14-8-7-13(3)9-16(14)26-19/h13H,5-9,11-12H2,1-4H3,(H,21,24)/p+1/t13-/m0/s1. The highest BCUT2D eigenvalue weighted by Crippen LogP contribution is 2.39. The summed E-state index contributed by atoms with van der Waals surface area (Å²) in [4.78, 5) is 28.4. The number of hydrogen-bond acceptors (Lipinski definition) is 4. The first-order valence-electron chi connectivity index (χ1n) is 9.33. The number of carbonyl (C=O) groups excluding carboxylic acids is 2. The summed E-state index contributed by atoms with van der Waals surface area (Å²) < 4.78 is 0. The van der Waals surface area contributed by atoms with E-state index in [2.05, 4.69) is 18.3 Å². The van der Waals surface area contributed by atoms with E-state index in [0.29, 0.717) is 36.1 Å². The van der Waals surface area contributed by atoms with E-state index in [4.69, 9.17) is 0 Å². The van der Waals surface area contributed by atoms with E-state index in [1.807, 2.05) is 20.9 Å². The van der Waals surface area contributed by atoms with Gasteiger partial charge >= 0.3 is 0 Å². The molecule has 2 N–H and O–H groups in total. The van der Waals surface area contributed by atoms with Gasteiger partial charge in [0.25, 0.3) is 11.8 Å². The number of rotatable bonds is 7. The smallest absolute Gasteiger partial charge is 0.280 e. The number of quaternary nitrogens is 1. The Kier molecular flexibility index (Phi) is 7.18. The molecule has 0 bridgehead atoms. The van der Waals surface area contributed by atoms with Gasteiger partial charge in [-0.15, -0.1) is 11.3 Å². The Morgan fingerprint density at radius 3 is 2.65 bits per heavy atom. The third-order valence-electron chi connectivity index (χ3n) is 4.91. The van der Waals surface area contributed by atoms with Crippen LogP contribution in [-0.4, -0.2) is 49.9 Å². The second-order valence-electron chi connectivity index (χ2n) is 7.09. The first-order chi connectivity index (χ1) is 12.4. The van der Waals surface area contributed by atoms with Crippen molar-refractivity contribution in [3.05, 3.63) is 16.0 Å². The van der Waals surface area contributed by atoms with E-state index >= 15 is 0 Å². The second-order valence-corrected chi connectivity index (χ2v) is 8.20. The minimum atomic E-state index is -0.155. The van der Waals surface area contributed by atoms with Gasteiger partial charge in [-0.3, -0.25) is 9.59 Å². The minimum absolute atomic E-state index is 0.0542. The topological polar surface area (TPSA) is 77.6 Å². The summed E-state index contributed by atoms with van der Waals surface area (Å²) in [5.74, 6) is 0.523. The molecule has 1 heterocycles. The molecule has 2 amide bonds. The lowest BCUT2D eigenvalue weighted by atomic mass is 9.89. The molecule has 1 aliphatic rings. The van der Waals surface area contributed by atoms with Crippen LogP contribution in [0.5, 0.6) is 0 Å². The Balaban J connectivity index is 1.98. The molecule has 2 rings (SSSR count). The van der Waals surface area contributed by atoms with Crippen molar-refractivity contribution in [3.63, 3.8) is 0 Å².